The van der Waals surface area contributed by atoms with Gasteiger partial charge in [-0.15, -0.1) is 0 Å². The molecule has 3 aliphatic heterocycles. The van der Waals surface area contributed by atoms with Gasteiger partial charge in [-0.25, -0.2) is 4.79 Å². The Hall–Kier alpha value is -0.639. The van der Waals surface area contributed by atoms with Crippen LogP contribution in [0, 0.1) is 0 Å². The maximum atomic E-state index is 12.4. The van der Waals surface area contributed by atoms with Crippen molar-refractivity contribution in [2.45, 2.75) is 320 Å². The normalized spacial score (nSPS) is 24.5. The summed E-state index contributed by atoms with van der Waals surface area (Å²) >= 11 is 0. The van der Waals surface area contributed by atoms with Crippen LogP contribution in [0.2, 0.25) is 54.4 Å². The van der Waals surface area contributed by atoms with Gasteiger partial charge in [0.25, 0.3) is 0 Å². The number of ether oxygens (including phenoxy) is 3. The first-order valence-electron chi connectivity index (χ1n) is 27.2. The molecule has 0 aromatic rings. The molecule has 3 aliphatic rings. The lowest BCUT2D eigenvalue weighted by Crippen LogP contribution is -2.48. The monoisotopic (exact) mass is 979 g/mol. The van der Waals surface area contributed by atoms with E-state index < -0.39 is 31.1 Å². The zero-order chi connectivity index (χ0) is 49.6. The fourth-order valence-corrected chi connectivity index (χ4v) is 13.2. The Labute approximate surface area is 410 Å². The van der Waals surface area contributed by atoms with Gasteiger partial charge in [-0.1, -0.05) is 139 Å². The molecule has 0 saturated carbocycles. The summed E-state index contributed by atoms with van der Waals surface area (Å²) in [7, 11) is -5.95. The molecule has 0 bridgehead atoms. The largest absolute Gasteiger partial charge is 0.455 e. The van der Waals surface area contributed by atoms with E-state index in [1.807, 2.05) is 13.0 Å². The van der Waals surface area contributed by atoms with Crippen LogP contribution in [-0.4, -0.2) is 91.0 Å². The molecule has 386 valence electrons. The number of esters is 1. The first kappa shape index (κ1) is 59.7. The molecule has 0 unspecified atom stereocenters. The molecule has 0 aliphatic carbocycles. The van der Waals surface area contributed by atoms with E-state index >= 15 is 0 Å². The van der Waals surface area contributed by atoms with Crippen LogP contribution >= 0.6 is 0 Å². The maximum Gasteiger partial charge on any atom is 0.334 e. The third-order valence-corrected chi connectivity index (χ3v) is 30.1. The van der Waals surface area contributed by atoms with Crippen molar-refractivity contribution in [1.29, 1.82) is 0 Å². The number of carbonyl (C=O) groups excluding carboxylic acids is 1. The topological polar surface area (TPSA) is 92.7 Å². The Bertz CT molecular complexity index is 1470. The van der Waals surface area contributed by atoms with E-state index in [-0.39, 0.29) is 69.9 Å². The van der Waals surface area contributed by atoms with E-state index in [4.69, 9.17) is 27.5 Å². The fraction of sp³-hybridized carbons (Fsp3) is 0.909. The van der Waals surface area contributed by atoms with E-state index in [1.165, 1.54) is 51.4 Å². The summed E-state index contributed by atoms with van der Waals surface area (Å²) in [5.74, 6) is -0.179. The molecule has 3 heterocycles. The maximum absolute atomic E-state index is 12.4. The van der Waals surface area contributed by atoms with Crippen LogP contribution in [0.1, 0.15) is 211 Å². The van der Waals surface area contributed by atoms with Crippen molar-refractivity contribution in [3.8, 4) is 0 Å². The summed E-state index contributed by atoms with van der Waals surface area (Å²) in [6, 6.07) is 0. The SMILES string of the molecule is CCCCCCC[C@@H](CC[C@H](O[Si](C)(C)C(C)(C)C)[C@H]1CC[C@H]([C@H]2CC[C@H]([C@@H](O)C/C=C/CCCCCCC[C@H](CC3=C[C@H](C)OC3=O)O[Si](C)(C)C(C)(C)C)O2)O1)O[Si](C)(C)C(C)(C)C. The molecule has 3 rings (SSSR count). The lowest BCUT2D eigenvalue weighted by molar-refractivity contribution is -0.139. The Morgan fingerprint density at radius 2 is 1.12 bits per heavy atom. The Morgan fingerprint density at radius 3 is 1.67 bits per heavy atom. The number of aliphatic hydroxyl groups is 1. The van der Waals surface area contributed by atoms with Crippen molar-refractivity contribution in [2.24, 2.45) is 0 Å². The van der Waals surface area contributed by atoms with Crippen molar-refractivity contribution in [3.63, 3.8) is 0 Å². The third kappa shape index (κ3) is 19.5. The van der Waals surface area contributed by atoms with E-state index in [0.717, 1.165) is 76.2 Å². The molecule has 66 heavy (non-hydrogen) atoms. The molecule has 8 nitrogen and oxygen atoms in total. The Morgan fingerprint density at radius 1 is 0.636 bits per heavy atom. The summed E-state index contributed by atoms with van der Waals surface area (Å²) in [6.07, 6.45) is 28.5. The number of cyclic esters (lactones) is 1. The van der Waals surface area contributed by atoms with Gasteiger partial charge in [-0.2, -0.15) is 0 Å². The van der Waals surface area contributed by atoms with Crippen molar-refractivity contribution in [1.82, 2.24) is 0 Å². The predicted octanol–water partition coefficient (Wildman–Crippen LogP) is 15.7. The molecular weight excluding hydrogens is 873 g/mol. The van der Waals surface area contributed by atoms with Crippen LogP contribution in [-0.2, 0) is 32.3 Å². The average molecular weight is 980 g/mol. The minimum Gasteiger partial charge on any atom is -0.455 e. The van der Waals surface area contributed by atoms with Gasteiger partial charge in [-0.3, -0.25) is 0 Å². The standard InChI is InChI=1S/C55H106O8Si3/c1-18-19-20-25-28-31-44(61-64(12,13)53(3,4)5)34-35-51(63-66(16,17)55(9,10)11)50-39-38-49(60-50)48-37-36-47(59-48)46(56)33-30-27-24-22-21-23-26-29-32-45(62-65(14,15)54(6,7)8)41-43-40-42(2)58-52(43)57/h27,30,40,42,44-51,56H,18-26,28-29,31-39,41H2,1-17H3/b30-27+/t42-,44-,45+,46-,47+,48+,49+,50+,51-/m0/s1. The molecule has 9 atom stereocenters. The van der Waals surface area contributed by atoms with Crippen LogP contribution in [0.15, 0.2) is 23.8 Å². The van der Waals surface area contributed by atoms with Gasteiger partial charge in [0.1, 0.15) is 6.10 Å². The molecule has 1 N–H and O–H groups in total. The smallest absolute Gasteiger partial charge is 0.334 e. The van der Waals surface area contributed by atoms with Crippen LogP contribution in [0.4, 0.5) is 0 Å². The number of aliphatic hydroxyl groups excluding tert-OH is 1. The lowest BCUT2D eigenvalue weighted by atomic mass is 9.99. The second-order valence-corrected chi connectivity index (χ2v) is 39.7. The van der Waals surface area contributed by atoms with Crippen LogP contribution in [0.25, 0.3) is 0 Å². The minimum atomic E-state index is -2.06. The summed E-state index contributed by atoms with van der Waals surface area (Å²) < 4.78 is 40.2. The summed E-state index contributed by atoms with van der Waals surface area (Å²) in [5, 5.41) is 11.6. The minimum absolute atomic E-state index is 0.0267. The Kier molecular flexibility index (Phi) is 24.1. The molecule has 0 aromatic heterocycles. The number of rotatable bonds is 30. The van der Waals surface area contributed by atoms with Gasteiger partial charge in [0.2, 0.25) is 0 Å². The second kappa shape index (κ2) is 26.7. The van der Waals surface area contributed by atoms with E-state index in [1.54, 1.807) is 0 Å². The highest BCUT2D eigenvalue weighted by atomic mass is 28.4. The highest BCUT2D eigenvalue weighted by Crippen LogP contribution is 2.43. The average Bonchev–Trinajstić information content (AvgIpc) is 3.95. The van der Waals surface area contributed by atoms with Gasteiger partial charge in [-0.05, 0) is 138 Å². The summed E-state index contributed by atoms with van der Waals surface area (Å²) in [4.78, 5) is 12.4. The van der Waals surface area contributed by atoms with Gasteiger partial charge < -0.3 is 32.6 Å². The quantitative estimate of drug-likeness (QED) is 0.0329. The van der Waals surface area contributed by atoms with Gasteiger partial charge >= 0.3 is 5.97 Å². The number of hydrogen-bond donors (Lipinski definition) is 1. The predicted molar refractivity (Wildman–Crippen MR) is 285 cm³/mol. The van der Waals surface area contributed by atoms with E-state index in [0.29, 0.717) is 12.8 Å². The second-order valence-electron chi connectivity index (χ2n) is 25.4. The first-order valence-corrected chi connectivity index (χ1v) is 35.9. The first-order chi connectivity index (χ1) is 30.6. The highest BCUT2D eigenvalue weighted by Gasteiger charge is 2.46. The zero-order valence-electron chi connectivity index (χ0n) is 46.1. The van der Waals surface area contributed by atoms with Crippen molar-refractivity contribution < 1.29 is 37.4 Å². The number of unbranched alkanes of at least 4 members (excludes halogenated alkanes) is 9. The molecule has 2 fully saturated rings. The van der Waals surface area contributed by atoms with Crippen LogP contribution < -0.4 is 0 Å². The van der Waals surface area contributed by atoms with Crippen LogP contribution in [0.5, 0.6) is 0 Å². The van der Waals surface area contributed by atoms with Crippen molar-refractivity contribution in [2.75, 3.05) is 0 Å². The van der Waals surface area contributed by atoms with Gasteiger partial charge in [0.05, 0.1) is 36.6 Å². The highest BCUT2D eigenvalue weighted by molar-refractivity contribution is 6.75. The van der Waals surface area contributed by atoms with Gasteiger partial charge in [0.15, 0.2) is 25.0 Å². The molecule has 0 aromatic carbocycles. The summed E-state index contributed by atoms with van der Waals surface area (Å²) in [6.45, 7) is 39.3. The molecular formula is C55H106O8Si3. The third-order valence-electron chi connectivity index (χ3n) is 16.5. The molecule has 11 heteroatoms. The lowest BCUT2D eigenvalue weighted by Gasteiger charge is -2.42. The summed E-state index contributed by atoms with van der Waals surface area (Å²) in [5.41, 5.74) is 0.779. The number of carbonyl (C=O) groups is 1. The van der Waals surface area contributed by atoms with Gasteiger partial charge in [0, 0.05) is 24.2 Å². The molecule has 0 amide bonds. The molecule has 2 saturated heterocycles. The van der Waals surface area contributed by atoms with Crippen molar-refractivity contribution >= 4 is 30.9 Å². The number of hydrogen-bond acceptors (Lipinski definition) is 8. The fourth-order valence-electron chi connectivity index (χ4n) is 9.03. The van der Waals surface area contributed by atoms with Crippen LogP contribution in [0.3, 0.4) is 0 Å². The Balaban J connectivity index is 1.46. The van der Waals surface area contributed by atoms with Crippen molar-refractivity contribution in [3.05, 3.63) is 23.8 Å². The van der Waals surface area contributed by atoms with E-state index in [9.17, 15) is 9.90 Å². The zero-order valence-corrected chi connectivity index (χ0v) is 49.1. The van der Waals surface area contributed by atoms with E-state index in [2.05, 4.69) is 121 Å². The molecule has 0 radical (unpaired) electrons. The molecule has 0 spiro atoms. The number of allylic oxidation sites excluding steroid dienone is 1.